The first-order chi connectivity index (χ1) is 26.3. The van der Waals surface area contributed by atoms with Crippen molar-refractivity contribution in [1.29, 1.82) is 0 Å². The van der Waals surface area contributed by atoms with Gasteiger partial charge in [-0.05, 0) is 83.5 Å². The molecule has 0 aromatic heterocycles. The standard InChI is InChI=1S/C45H77O8P/c1-3-5-7-9-11-13-15-17-19-21-22-24-25-27-29-31-33-35-37-39-44(46)51-41-43(42-52-54(48,49)50)53-45(47)40-38-36-34-32-30-28-26-23-20-18-16-14-12-10-8-6-4-2/h11,13,17,19,22,24,26-29,32,34,43H,3-10,12,14-16,18,20-21,23,25,30-31,33,35-42H2,1-2H3,(H2,48,49,50)/b13-11+,19-17+,24-22+,28-26+,29-27+,34-32+/t43-/m1/s1. The van der Waals surface area contributed by atoms with Crippen molar-refractivity contribution < 1.29 is 37.9 Å². The third-order valence-electron chi connectivity index (χ3n) is 8.70. The van der Waals surface area contributed by atoms with E-state index >= 15 is 0 Å². The Morgan fingerprint density at radius 3 is 1.33 bits per heavy atom. The molecule has 8 nitrogen and oxygen atoms in total. The van der Waals surface area contributed by atoms with Gasteiger partial charge in [-0.2, -0.15) is 0 Å². The predicted molar refractivity (Wildman–Crippen MR) is 225 cm³/mol. The number of esters is 2. The molecule has 9 heteroatoms. The highest BCUT2D eigenvalue weighted by molar-refractivity contribution is 7.46. The van der Waals surface area contributed by atoms with Crippen molar-refractivity contribution in [2.24, 2.45) is 0 Å². The Hall–Kier alpha value is -2.51. The van der Waals surface area contributed by atoms with Gasteiger partial charge in [-0.25, -0.2) is 4.57 Å². The zero-order valence-electron chi connectivity index (χ0n) is 34.1. The number of ether oxygens (including phenoxy) is 2. The lowest BCUT2D eigenvalue weighted by Gasteiger charge is -2.18. The molecular weight excluding hydrogens is 699 g/mol. The van der Waals surface area contributed by atoms with Crippen LogP contribution in [0.3, 0.4) is 0 Å². The number of hydrogen-bond acceptors (Lipinski definition) is 6. The van der Waals surface area contributed by atoms with Gasteiger partial charge in [0.2, 0.25) is 0 Å². The van der Waals surface area contributed by atoms with E-state index in [0.29, 0.717) is 19.3 Å². The summed E-state index contributed by atoms with van der Waals surface area (Å²) in [5.41, 5.74) is 0. The summed E-state index contributed by atoms with van der Waals surface area (Å²) in [6.07, 6.45) is 52.0. The molecular formula is C45H77O8P. The number of phosphoric ester groups is 1. The largest absolute Gasteiger partial charge is 0.469 e. The second-order valence-electron chi connectivity index (χ2n) is 14.0. The van der Waals surface area contributed by atoms with Gasteiger partial charge >= 0.3 is 19.8 Å². The molecule has 2 N–H and O–H groups in total. The van der Waals surface area contributed by atoms with Gasteiger partial charge in [-0.15, -0.1) is 0 Å². The number of carbonyl (C=O) groups excluding carboxylic acids is 2. The first kappa shape index (κ1) is 51.5. The summed E-state index contributed by atoms with van der Waals surface area (Å²) in [7, 11) is -4.78. The minimum atomic E-state index is -4.78. The van der Waals surface area contributed by atoms with Crippen LogP contribution in [0.5, 0.6) is 0 Å². The van der Waals surface area contributed by atoms with Gasteiger partial charge in [0, 0.05) is 12.8 Å². The molecule has 0 radical (unpaired) electrons. The molecule has 0 amide bonds. The summed E-state index contributed by atoms with van der Waals surface area (Å²) in [5.74, 6) is -0.978. The number of rotatable bonds is 38. The van der Waals surface area contributed by atoms with E-state index in [4.69, 9.17) is 19.3 Å². The molecule has 0 aliphatic heterocycles. The molecule has 0 unspecified atom stereocenters. The Bertz CT molecular complexity index is 1100. The minimum Gasteiger partial charge on any atom is -0.462 e. The fourth-order valence-corrected chi connectivity index (χ4v) is 5.87. The number of unbranched alkanes of at least 4 members (excludes halogenated alkanes) is 16. The molecule has 0 heterocycles. The van der Waals surface area contributed by atoms with Crippen LogP contribution in [0.2, 0.25) is 0 Å². The highest BCUT2D eigenvalue weighted by Gasteiger charge is 2.22. The SMILES string of the molecule is CCCCC/C=C/C/C=C/C/C=C/C/C=C/CCCCCC(=O)OC[C@H](COP(=O)(O)O)OC(=O)CCC/C=C/C/C=C/CCCCCCCCCCC. The first-order valence-electron chi connectivity index (χ1n) is 21.2. The molecule has 0 aromatic carbocycles. The van der Waals surface area contributed by atoms with Crippen LogP contribution in [0, 0.1) is 0 Å². The smallest absolute Gasteiger partial charge is 0.462 e. The summed E-state index contributed by atoms with van der Waals surface area (Å²) < 4.78 is 26.3. The summed E-state index contributed by atoms with van der Waals surface area (Å²) in [4.78, 5) is 42.8. The number of carbonyl (C=O) groups is 2. The van der Waals surface area contributed by atoms with Crippen LogP contribution in [0.15, 0.2) is 72.9 Å². The lowest BCUT2D eigenvalue weighted by Crippen LogP contribution is -2.29. The molecule has 0 spiro atoms. The molecule has 54 heavy (non-hydrogen) atoms. The zero-order valence-corrected chi connectivity index (χ0v) is 35.0. The Labute approximate surface area is 329 Å². The molecule has 1 atom stereocenters. The van der Waals surface area contributed by atoms with E-state index in [0.717, 1.165) is 51.4 Å². The molecule has 0 aliphatic carbocycles. The minimum absolute atomic E-state index is 0.137. The summed E-state index contributed by atoms with van der Waals surface area (Å²) >= 11 is 0. The van der Waals surface area contributed by atoms with Gasteiger partial charge in [0.05, 0.1) is 6.61 Å². The van der Waals surface area contributed by atoms with Crippen LogP contribution in [0.25, 0.3) is 0 Å². The van der Waals surface area contributed by atoms with E-state index in [1.54, 1.807) is 0 Å². The Balaban J connectivity index is 4.06. The van der Waals surface area contributed by atoms with Crippen molar-refractivity contribution in [3.05, 3.63) is 72.9 Å². The molecule has 0 rings (SSSR count). The molecule has 0 fully saturated rings. The second kappa shape index (κ2) is 40.2. The first-order valence-corrected chi connectivity index (χ1v) is 22.8. The Morgan fingerprint density at radius 1 is 0.481 bits per heavy atom. The lowest BCUT2D eigenvalue weighted by atomic mass is 10.1. The Morgan fingerprint density at radius 2 is 0.852 bits per heavy atom. The fraction of sp³-hybridized carbons (Fsp3) is 0.689. The van der Waals surface area contributed by atoms with E-state index < -0.39 is 32.5 Å². The Kier molecular flexibility index (Phi) is 38.3. The average molecular weight is 777 g/mol. The van der Waals surface area contributed by atoms with Gasteiger partial charge in [-0.3, -0.25) is 14.1 Å². The van der Waals surface area contributed by atoms with Gasteiger partial charge in [-0.1, -0.05) is 157 Å². The lowest BCUT2D eigenvalue weighted by molar-refractivity contribution is -0.161. The molecule has 0 aromatic rings. The van der Waals surface area contributed by atoms with Crippen molar-refractivity contribution in [1.82, 2.24) is 0 Å². The van der Waals surface area contributed by atoms with Crippen molar-refractivity contribution in [3.63, 3.8) is 0 Å². The van der Waals surface area contributed by atoms with Crippen molar-refractivity contribution in [3.8, 4) is 0 Å². The van der Waals surface area contributed by atoms with Crippen LogP contribution in [0.4, 0.5) is 0 Å². The van der Waals surface area contributed by atoms with Crippen LogP contribution in [0.1, 0.15) is 181 Å². The maximum Gasteiger partial charge on any atom is 0.469 e. The molecule has 0 saturated heterocycles. The van der Waals surface area contributed by atoms with E-state index in [1.165, 1.54) is 83.5 Å². The van der Waals surface area contributed by atoms with Gasteiger partial charge < -0.3 is 19.3 Å². The van der Waals surface area contributed by atoms with E-state index in [2.05, 4.69) is 85.2 Å². The summed E-state index contributed by atoms with van der Waals surface area (Å²) in [6.45, 7) is 3.59. The van der Waals surface area contributed by atoms with Crippen molar-refractivity contribution >= 4 is 19.8 Å². The van der Waals surface area contributed by atoms with Crippen molar-refractivity contribution in [2.45, 2.75) is 187 Å². The maximum absolute atomic E-state index is 12.4. The molecule has 0 saturated carbocycles. The van der Waals surface area contributed by atoms with Crippen LogP contribution in [-0.2, 0) is 28.2 Å². The average Bonchev–Trinajstić information content (AvgIpc) is 3.14. The van der Waals surface area contributed by atoms with Crippen LogP contribution in [-0.4, -0.2) is 41.0 Å². The van der Waals surface area contributed by atoms with Crippen molar-refractivity contribution in [2.75, 3.05) is 13.2 Å². The number of hydrogen-bond donors (Lipinski definition) is 2. The summed E-state index contributed by atoms with van der Waals surface area (Å²) in [5, 5.41) is 0. The van der Waals surface area contributed by atoms with Gasteiger partial charge in [0.15, 0.2) is 6.10 Å². The highest BCUT2D eigenvalue weighted by Crippen LogP contribution is 2.36. The zero-order chi connectivity index (χ0) is 39.6. The monoisotopic (exact) mass is 777 g/mol. The quantitative estimate of drug-likeness (QED) is 0.0275. The maximum atomic E-state index is 12.4. The summed E-state index contributed by atoms with van der Waals surface area (Å²) in [6, 6.07) is 0. The molecule has 310 valence electrons. The normalized spacial score (nSPS) is 13.2. The third kappa shape index (κ3) is 42.2. The second-order valence-corrected chi connectivity index (χ2v) is 15.2. The molecule has 0 aliphatic rings. The van der Waals surface area contributed by atoms with E-state index in [1.807, 2.05) is 6.08 Å². The van der Waals surface area contributed by atoms with E-state index in [-0.39, 0.29) is 19.4 Å². The topological polar surface area (TPSA) is 119 Å². The number of phosphoric acid groups is 1. The van der Waals surface area contributed by atoms with Gasteiger partial charge in [0.25, 0.3) is 0 Å². The molecule has 0 bridgehead atoms. The third-order valence-corrected chi connectivity index (χ3v) is 9.18. The van der Waals surface area contributed by atoms with Gasteiger partial charge in [0.1, 0.15) is 6.61 Å². The van der Waals surface area contributed by atoms with E-state index in [9.17, 15) is 14.2 Å². The van der Waals surface area contributed by atoms with Crippen LogP contribution >= 0.6 is 7.82 Å². The predicted octanol–water partition coefficient (Wildman–Crippen LogP) is 13.1. The van der Waals surface area contributed by atoms with Crippen LogP contribution < -0.4 is 0 Å². The highest BCUT2D eigenvalue weighted by atomic mass is 31.2. The fourth-order valence-electron chi connectivity index (χ4n) is 5.51. The number of allylic oxidation sites excluding steroid dienone is 12.